The average Bonchev–Trinajstić information content (AvgIpc) is 1.98. The predicted octanol–water partition coefficient (Wildman–Crippen LogP) is 2.18. The first kappa shape index (κ1) is 12.6. The number of carbonyl (C=O) groups excluding carboxylic acids is 1. The van der Waals surface area contributed by atoms with Gasteiger partial charge in [-0.1, -0.05) is 20.8 Å². The second-order valence-corrected chi connectivity index (χ2v) is 9.43. The smallest absolute Gasteiger partial charge is 0.330 e. The quantitative estimate of drug-likeness (QED) is 0.522. The molecule has 0 atom stereocenters. The molecule has 0 heterocycles. The van der Waals surface area contributed by atoms with E-state index in [9.17, 15) is 4.79 Å². The van der Waals surface area contributed by atoms with E-state index in [1.54, 1.807) is 0 Å². The maximum Gasteiger partial charge on any atom is 0.330 e. The zero-order valence-corrected chi connectivity index (χ0v) is 10.4. The molecule has 0 aromatic heterocycles. The molecule has 0 saturated heterocycles. The summed E-state index contributed by atoms with van der Waals surface area (Å²) in [4.78, 5) is 10.9. The van der Waals surface area contributed by atoms with Crippen molar-refractivity contribution >= 4 is 14.3 Å². The van der Waals surface area contributed by atoms with Gasteiger partial charge >= 0.3 is 5.97 Å². The molecule has 0 aliphatic rings. The van der Waals surface area contributed by atoms with E-state index < -0.39 is 8.32 Å². The molecular weight excluding hydrogens is 184 g/mol. The third-order valence-electron chi connectivity index (χ3n) is 2.58. The van der Waals surface area contributed by atoms with Crippen LogP contribution in [0, 0.1) is 0 Å². The van der Waals surface area contributed by atoms with E-state index in [-0.39, 0.29) is 17.6 Å². The molecule has 0 aromatic carbocycles. The van der Waals surface area contributed by atoms with Crippen LogP contribution in [-0.4, -0.2) is 28.0 Å². The molecule has 0 amide bonds. The van der Waals surface area contributed by atoms with E-state index in [4.69, 9.17) is 4.43 Å². The van der Waals surface area contributed by atoms with E-state index in [0.717, 1.165) is 0 Å². The van der Waals surface area contributed by atoms with Gasteiger partial charge in [0.15, 0.2) is 8.32 Å². The van der Waals surface area contributed by atoms with E-state index >= 15 is 0 Å². The highest BCUT2D eigenvalue weighted by molar-refractivity contribution is 6.74. The molecule has 0 bridgehead atoms. The van der Waals surface area contributed by atoms with Crippen LogP contribution in [0.5, 0.6) is 0 Å². The minimum atomic E-state index is -1.78. The lowest BCUT2D eigenvalue weighted by Gasteiger charge is -2.35. The molecule has 78 valence electrons. The molecule has 0 aliphatic heterocycles. The van der Waals surface area contributed by atoms with Crippen molar-refractivity contribution in [2.75, 3.05) is 13.7 Å². The Morgan fingerprint density at radius 2 is 1.77 bits per heavy atom. The molecule has 0 radical (unpaired) electrons. The van der Waals surface area contributed by atoms with Crippen LogP contribution in [-0.2, 0) is 14.0 Å². The van der Waals surface area contributed by atoms with Crippen LogP contribution in [0.2, 0.25) is 18.1 Å². The van der Waals surface area contributed by atoms with Crippen molar-refractivity contribution in [1.82, 2.24) is 0 Å². The summed E-state index contributed by atoms with van der Waals surface area (Å²) in [5, 5.41) is 0.140. The normalized spacial score (nSPS) is 12.8. The van der Waals surface area contributed by atoms with Gasteiger partial charge in [-0.15, -0.1) is 0 Å². The van der Waals surface area contributed by atoms with Crippen molar-refractivity contribution in [2.45, 2.75) is 38.9 Å². The molecule has 0 fully saturated rings. The number of rotatable bonds is 3. The van der Waals surface area contributed by atoms with Gasteiger partial charge in [0.25, 0.3) is 0 Å². The fourth-order valence-electron chi connectivity index (χ4n) is 0.515. The van der Waals surface area contributed by atoms with Crippen molar-refractivity contribution in [3.05, 3.63) is 0 Å². The van der Waals surface area contributed by atoms with Crippen LogP contribution in [0.25, 0.3) is 0 Å². The second kappa shape index (κ2) is 4.24. The molecule has 4 heteroatoms. The summed E-state index contributed by atoms with van der Waals surface area (Å²) in [7, 11) is -0.412. The van der Waals surface area contributed by atoms with E-state index in [2.05, 4.69) is 38.6 Å². The number of hydrogen-bond donors (Lipinski definition) is 0. The number of ether oxygens (including phenoxy) is 1. The highest BCUT2D eigenvalue weighted by Gasteiger charge is 2.37. The zero-order chi connectivity index (χ0) is 10.7. The lowest BCUT2D eigenvalue weighted by atomic mass is 10.2. The third-order valence-corrected chi connectivity index (χ3v) is 7.06. The van der Waals surface area contributed by atoms with Gasteiger partial charge < -0.3 is 9.16 Å². The average molecular weight is 204 g/mol. The minimum Gasteiger partial charge on any atom is -0.467 e. The Balaban J connectivity index is 4.12. The predicted molar refractivity (Wildman–Crippen MR) is 55.2 cm³/mol. The van der Waals surface area contributed by atoms with Crippen LogP contribution in [0.4, 0.5) is 0 Å². The molecular formula is C9H20O3Si. The van der Waals surface area contributed by atoms with Gasteiger partial charge in [0.1, 0.15) is 6.61 Å². The van der Waals surface area contributed by atoms with Gasteiger partial charge in [-0.05, 0) is 18.1 Å². The Labute approximate surface area is 81.6 Å². The van der Waals surface area contributed by atoms with Crippen molar-refractivity contribution in [3.8, 4) is 0 Å². The monoisotopic (exact) mass is 204 g/mol. The second-order valence-electron chi connectivity index (χ2n) is 4.63. The molecule has 0 N–H and O–H groups in total. The largest absolute Gasteiger partial charge is 0.467 e. The summed E-state index contributed by atoms with van der Waals surface area (Å²) in [6.07, 6.45) is 0. The van der Waals surface area contributed by atoms with Gasteiger partial charge in [-0.2, -0.15) is 0 Å². The third kappa shape index (κ3) is 3.91. The van der Waals surface area contributed by atoms with Crippen molar-refractivity contribution in [3.63, 3.8) is 0 Å². The van der Waals surface area contributed by atoms with E-state index in [1.807, 2.05) is 0 Å². The van der Waals surface area contributed by atoms with Crippen LogP contribution >= 0.6 is 0 Å². The minimum absolute atomic E-state index is 0.0764. The first-order chi connectivity index (χ1) is 5.70. The maximum atomic E-state index is 10.9. The van der Waals surface area contributed by atoms with Gasteiger partial charge in [0, 0.05) is 0 Å². The maximum absolute atomic E-state index is 10.9. The van der Waals surface area contributed by atoms with Crippen molar-refractivity contribution in [2.24, 2.45) is 0 Å². The van der Waals surface area contributed by atoms with Crippen LogP contribution in [0.1, 0.15) is 20.8 Å². The summed E-state index contributed by atoms with van der Waals surface area (Å²) in [5.74, 6) is -0.301. The highest BCUT2D eigenvalue weighted by atomic mass is 28.4. The summed E-state index contributed by atoms with van der Waals surface area (Å²) < 4.78 is 10.1. The molecule has 0 rings (SSSR count). The summed E-state index contributed by atoms with van der Waals surface area (Å²) in [6.45, 7) is 10.7. The Bertz CT molecular complexity index is 182. The van der Waals surface area contributed by atoms with Gasteiger partial charge in [0.05, 0.1) is 7.11 Å². The number of hydrogen-bond acceptors (Lipinski definition) is 3. The number of carbonyl (C=O) groups is 1. The zero-order valence-electron chi connectivity index (χ0n) is 9.43. The Hall–Kier alpha value is -0.353. The lowest BCUT2D eigenvalue weighted by molar-refractivity contribution is -0.143. The molecule has 0 aromatic rings. The summed E-state index contributed by atoms with van der Waals surface area (Å²) >= 11 is 0. The highest BCUT2D eigenvalue weighted by Crippen LogP contribution is 2.36. The molecule has 3 nitrogen and oxygen atoms in total. The fraction of sp³-hybridized carbons (Fsp3) is 0.889. The Morgan fingerprint density at radius 3 is 2.08 bits per heavy atom. The fourth-order valence-corrected chi connectivity index (χ4v) is 1.43. The van der Waals surface area contributed by atoms with Crippen molar-refractivity contribution < 1.29 is 14.0 Å². The van der Waals surface area contributed by atoms with Gasteiger partial charge in [-0.3, -0.25) is 0 Å². The molecule has 13 heavy (non-hydrogen) atoms. The molecule has 0 unspecified atom stereocenters. The number of esters is 1. The Morgan fingerprint density at radius 1 is 1.31 bits per heavy atom. The van der Waals surface area contributed by atoms with Gasteiger partial charge in [-0.25, -0.2) is 4.79 Å². The Kier molecular flexibility index (Phi) is 4.12. The standard InChI is InChI=1S/C9H20O3Si/c1-9(2,3)13(5,6)12-7-8(10)11-4/h7H2,1-6H3. The summed E-state index contributed by atoms with van der Waals surface area (Å²) in [5.41, 5.74) is 0. The van der Waals surface area contributed by atoms with Crippen LogP contribution in [0.3, 0.4) is 0 Å². The van der Waals surface area contributed by atoms with E-state index in [1.165, 1.54) is 7.11 Å². The first-order valence-electron chi connectivity index (χ1n) is 4.41. The lowest BCUT2D eigenvalue weighted by Crippen LogP contribution is -2.42. The van der Waals surface area contributed by atoms with Crippen LogP contribution in [0.15, 0.2) is 0 Å². The molecule has 0 saturated carbocycles. The van der Waals surface area contributed by atoms with Gasteiger partial charge in [0.2, 0.25) is 0 Å². The topological polar surface area (TPSA) is 35.5 Å². The summed E-state index contributed by atoms with van der Waals surface area (Å²) in [6, 6.07) is 0. The van der Waals surface area contributed by atoms with Crippen LogP contribution < -0.4 is 0 Å². The SMILES string of the molecule is COC(=O)CO[Si](C)(C)C(C)(C)C. The van der Waals surface area contributed by atoms with Crippen molar-refractivity contribution in [1.29, 1.82) is 0 Å². The molecule has 0 aliphatic carbocycles. The van der Waals surface area contributed by atoms with E-state index in [0.29, 0.717) is 0 Å². The first-order valence-corrected chi connectivity index (χ1v) is 7.32. The molecule has 0 spiro atoms. The number of methoxy groups -OCH3 is 1.